The third-order valence-electron chi connectivity index (χ3n) is 2.01. The Hall–Kier alpha value is -1.85. The zero-order valence-corrected chi connectivity index (χ0v) is 8.95. The molecular formula is C9H8N2O4S. The van der Waals surface area contributed by atoms with Crippen LogP contribution >= 0.6 is 0 Å². The molecular weight excluding hydrogens is 232 g/mol. The Morgan fingerprint density at radius 3 is 3.06 bits per heavy atom. The van der Waals surface area contributed by atoms with Crippen molar-refractivity contribution < 1.29 is 17.9 Å². The van der Waals surface area contributed by atoms with E-state index in [-0.39, 0.29) is 12.5 Å². The van der Waals surface area contributed by atoms with Crippen LogP contribution in [0.15, 0.2) is 23.2 Å². The fraction of sp³-hybridized carbons (Fsp3) is 0.222. The number of anilines is 1. The van der Waals surface area contributed by atoms with Gasteiger partial charge in [0.2, 0.25) is 12.0 Å². The van der Waals surface area contributed by atoms with Crippen molar-refractivity contribution in [2.75, 3.05) is 10.7 Å². The van der Waals surface area contributed by atoms with Crippen molar-refractivity contribution in [3.8, 4) is 5.75 Å². The molecule has 7 heteroatoms. The Kier molecular flexibility index (Phi) is 2.64. The number of sulfonamides is 1. The normalized spacial score (nSPS) is 16.2. The second-order valence-corrected chi connectivity index (χ2v) is 4.89. The Bertz CT molecular complexity index is 561. The summed E-state index contributed by atoms with van der Waals surface area (Å²) in [4.78, 5) is 13.3. The number of aliphatic imine (C=N–C) groups is 1. The number of fused-ring (bicyclic) bond motifs is 1. The Morgan fingerprint density at radius 2 is 2.31 bits per heavy atom. The molecule has 0 atom stereocenters. The van der Waals surface area contributed by atoms with E-state index < -0.39 is 10.0 Å². The van der Waals surface area contributed by atoms with Gasteiger partial charge in [-0.2, -0.15) is 0 Å². The molecule has 1 heterocycles. The minimum absolute atomic E-state index is 0.165. The molecule has 0 unspecified atom stereocenters. The summed E-state index contributed by atoms with van der Waals surface area (Å²) in [7, 11) is -3.41. The lowest BCUT2D eigenvalue weighted by atomic mass is 10.2. The van der Waals surface area contributed by atoms with E-state index in [1.807, 2.05) is 0 Å². The fourth-order valence-corrected chi connectivity index (χ4v) is 2.18. The molecule has 16 heavy (non-hydrogen) atoms. The van der Waals surface area contributed by atoms with Gasteiger partial charge in [0.15, 0.2) is 0 Å². The van der Waals surface area contributed by atoms with E-state index in [1.54, 1.807) is 18.2 Å². The quantitative estimate of drug-likeness (QED) is 0.606. The highest BCUT2D eigenvalue weighted by molar-refractivity contribution is 7.92. The van der Waals surface area contributed by atoms with Gasteiger partial charge >= 0.3 is 0 Å². The molecule has 0 bridgehead atoms. The molecule has 0 saturated carbocycles. The lowest BCUT2D eigenvalue weighted by Crippen LogP contribution is -2.25. The first-order chi connectivity index (χ1) is 7.61. The van der Waals surface area contributed by atoms with Crippen molar-refractivity contribution in [2.24, 2.45) is 4.99 Å². The summed E-state index contributed by atoms with van der Waals surface area (Å²) >= 11 is 0. The summed E-state index contributed by atoms with van der Waals surface area (Å²) in [6.45, 7) is 0.165. The number of benzene rings is 1. The number of carbonyl (C=O) groups excluding carboxylic acids is 1. The van der Waals surface area contributed by atoms with Gasteiger partial charge in [0, 0.05) is 0 Å². The van der Waals surface area contributed by atoms with E-state index in [0.717, 1.165) is 0 Å². The molecule has 84 valence electrons. The Morgan fingerprint density at radius 1 is 1.50 bits per heavy atom. The Balaban J connectivity index is 2.34. The van der Waals surface area contributed by atoms with Gasteiger partial charge in [0.05, 0.1) is 12.2 Å². The lowest BCUT2D eigenvalue weighted by molar-refractivity contribution is 0.374. The van der Waals surface area contributed by atoms with Crippen LogP contribution in [0.3, 0.4) is 0 Å². The zero-order chi connectivity index (χ0) is 11.6. The van der Waals surface area contributed by atoms with Crippen molar-refractivity contribution >= 4 is 21.8 Å². The molecule has 0 saturated heterocycles. The van der Waals surface area contributed by atoms with Crippen LogP contribution in [0.25, 0.3) is 0 Å². The molecule has 1 aromatic rings. The van der Waals surface area contributed by atoms with Crippen molar-refractivity contribution in [1.82, 2.24) is 0 Å². The second kappa shape index (κ2) is 3.96. The van der Waals surface area contributed by atoms with Gasteiger partial charge in [0.1, 0.15) is 5.75 Å². The fourth-order valence-electron chi connectivity index (χ4n) is 1.34. The van der Waals surface area contributed by atoms with E-state index in [9.17, 15) is 13.2 Å². The summed E-state index contributed by atoms with van der Waals surface area (Å²) < 4.78 is 29.8. The van der Waals surface area contributed by atoms with Crippen LogP contribution < -0.4 is 9.46 Å². The zero-order valence-electron chi connectivity index (χ0n) is 8.13. The van der Waals surface area contributed by atoms with Crippen molar-refractivity contribution in [3.63, 3.8) is 0 Å². The predicted octanol–water partition coefficient (Wildman–Crippen LogP) is 0.614. The number of nitrogens with one attached hydrogen (secondary N) is 1. The number of hydrogen-bond acceptors (Lipinski definition) is 5. The van der Waals surface area contributed by atoms with Crippen molar-refractivity contribution in [3.05, 3.63) is 23.8 Å². The molecule has 0 radical (unpaired) electrons. The van der Waals surface area contributed by atoms with E-state index in [1.165, 1.54) is 6.08 Å². The number of hydrogen-bond donors (Lipinski definition) is 1. The average molecular weight is 240 g/mol. The molecule has 1 aliphatic rings. The molecule has 1 aromatic carbocycles. The highest BCUT2D eigenvalue weighted by Crippen LogP contribution is 2.30. The van der Waals surface area contributed by atoms with Crippen molar-refractivity contribution in [2.45, 2.75) is 6.54 Å². The SMILES string of the molecule is O=C=NCc1ccc2c(c1)NS(=O)(=O)CO2. The maximum Gasteiger partial charge on any atom is 0.268 e. The van der Waals surface area contributed by atoms with Crippen LogP contribution in [0.4, 0.5) is 5.69 Å². The summed E-state index contributed by atoms with van der Waals surface area (Å²) in [6.07, 6.45) is 1.42. The summed E-state index contributed by atoms with van der Waals surface area (Å²) in [6, 6.07) is 4.92. The molecule has 0 amide bonds. The van der Waals surface area contributed by atoms with Crippen LogP contribution in [0, 0.1) is 0 Å². The maximum atomic E-state index is 11.2. The van der Waals surface area contributed by atoms with E-state index in [2.05, 4.69) is 9.71 Å². The number of isocyanates is 1. The average Bonchev–Trinajstić information content (AvgIpc) is 2.24. The number of ether oxygens (including phenoxy) is 1. The topological polar surface area (TPSA) is 84.8 Å². The summed E-state index contributed by atoms with van der Waals surface area (Å²) in [5.41, 5.74) is 1.07. The highest BCUT2D eigenvalue weighted by atomic mass is 32.2. The van der Waals surface area contributed by atoms with Crippen LogP contribution in [-0.4, -0.2) is 20.4 Å². The van der Waals surface area contributed by atoms with E-state index >= 15 is 0 Å². The molecule has 2 rings (SSSR count). The lowest BCUT2D eigenvalue weighted by Gasteiger charge is -2.19. The van der Waals surface area contributed by atoms with Gasteiger partial charge < -0.3 is 4.74 Å². The highest BCUT2D eigenvalue weighted by Gasteiger charge is 2.21. The van der Waals surface area contributed by atoms with Crippen LogP contribution in [-0.2, 0) is 21.4 Å². The van der Waals surface area contributed by atoms with Gasteiger partial charge in [0.25, 0.3) is 10.0 Å². The molecule has 0 spiro atoms. The first-order valence-electron chi connectivity index (χ1n) is 4.40. The molecule has 6 nitrogen and oxygen atoms in total. The first kappa shape index (κ1) is 10.7. The minimum Gasteiger partial charge on any atom is -0.474 e. The van der Waals surface area contributed by atoms with Gasteiger partial charge in [-0.05, 0) is 17.7 Å². The summed E-state index contributed by atoms with van der Waals surface area (Å²) in [5.74, 6) is 0.0833. The monoisotopic (exact) mass is 240 g/mol. The van der Waals surface area contributed by atoms with Gasteiger partial charge in [-0.25, -0.2) is 18.2 Å². The largest absolute Gasteiger partial charge is 0.474 e. The predicted molar refractivity (Wildman–Crippen MR) is 56.3 cm³/mol. The van der Waals surface area contributed by atoms with Crippen LogP contribution in [0.5, 0.6) is 5.75 Å². The van der Waals surface area contributed by atoms with Crippen molar-refractivity contribution in [1.29, 1.82) is 0 Å². The third kappa shape index (κ3) is 2.21. The number of rotatable bonds is 2. The molecule has 0 aliphatic carbocycles. The van der Waals surface area contributed by atoms with Gasteiger partial charge in [-0.3, -0.25) is 4.72 Å². The smallest absolute Gasteiger partial charge is 0.268 e. The van der Waals surface area contributed by atoms with Crippen LogP contribution in [0.1, 0.15) is 5.56 Å². The maximum absolute atomic E-state index is 11.2. The Labute approximate surface area is 92.0 Å². The molecule has 1 N–H and O–H groups in total. The number of nitrogens with zero attached hydrogens (tertiary/aromatic N) is 1. The standard InChI is InChI=1S/C9H8N2O4S/c12-5-10-4-7-1-2-9-8(3-7)11-16(13,14)6-15-9/h1-3,11H,4,6H2. The molecule has 0 fully saturated rings. The van der Waals surface area contributed by atoms with Gasteiger partial charge in [-0.15, -0.1) is 0 Å². The minimum atomic E-state index is -3.41. The van der Waals surface area contributed by atoms with E-state index in [4.69, 9.17) is 4.74 Å². The van der Waals surface area contributed by atoms with Crippen LogP contribution in [0.2, 0.25) is 0 Å². The van der Waals surface area contributed by atoms with E-state index in [0.29, 0.717) is 17.0 Å². The van der Waals surface area contributed by atoms with Gasteiger partial charge in [-0.1, -0.05) is 6.07 Å². The molecule has 0 aromatic heterocycles. The first-order valence-corrected chi connectivity index (χ1v) is 6.06. The molecule has 1 aliphatic heterocycles. The summed E-state index contributed by atoms with van der Waals surface area (Å²) in [5, 5.41) is 0. The second-order valence-electron chi connectivity index (χ2n) is 3.22. The third-order valence-corrected chi connectivity index (χ3v) is 2.96.